The number of rotatable bonds is 2. The normalized spacial score (nSPS) is 27.4. The first-order valence-electron chi connectivity index (χ1n) is 5.55. The van der Waals surface area contributed by atoms with E-state index in [-0.39, 0.29) is 12.5 Å². The van der Waals surface area contributed by atoms with Crippen LogP contribution >= 0.6 is 34.2 Å². The van der Waals surface area contributed by atoms with Gasteiger partial charge in [0.1, 0.15) is 15.0 Å². The maximum Gasteiger partial charge on any atom is 0.155 e. The Kier molecular flexibility index (Phi) is 3.00. The maximum atomic E-state index is 9.84. The molecule has 0 amide bonds. The lowest BCUT2D eigenvalue weighted by Crippen LogP contribution is -2.46. The van der Waals surface area contributed by atoms with Gasteiger partial charge in [-0.2, -0.15) is 0 Å². The number of aromatic nitrogens is 3. The number of hydrogen-bond donors (Lipinski definition) is 2. The van der Waals surface area contributed by atoms with Crippen molar-refractivity contribution < 1.29 is 10.2 Å². The summed E-state index contributed by atoms with van der Waals surface area (Å²) < 4.78 is 2.71. The van der Waals surface area contributed by atoms with Crippen molar-refractivity contribution in [1.82, 2.24) is 14.4 Å². The highest BCUT2D eigenvalue weighted by Gasteiger charge is 2.44. The van der Waals surface area contributed by atoms with Crippen LogP contribution in [0.5, 0.6) is 0 Å². The second-order valence-corrected chi connectivity index (χ2v) is 6.18. The zero-order valence-electron chi connectivity index (χ0n) is 9.35. The number of imidazole rings is 1. The highest BCUT2D eigenvalue weighted by Crippen LogP contribution is 2.44. The van der Waals surface area contributed by atoms with Crippen LogP contribution in [0, 0.1) is 3.70 Å². The van der Waals surface area contributed by atoms with Crippen LogP contribution in [-0.4, -0.2) is 36.8 Å². The van der Waals surface area contributed by atoms with Crippen LogP contribution in [-0.2, 0) is 0 Å². The molecule has 18 heavy (non-hydrogen) atoms. The third-order valence-electron chi connectivity index (χ3n) is 3.39. The number of fused-ring (bicyclic) bond motifs is 1. The Morgan fingerprint density at radius 2 is 2.28 bits per heavy atom. The predicted molar refractivity (Wildman–Crippen MR) is 74.7 cm³/mol. The molecule has 1 aliphatic rings. The van der Waals surface area contributed by atoms with E-state index in [0.717, 1.165) is 15.0 Å². The van der Waals surface area contributed by atoms with Crippen molar-refractivity contribution in [2.75, 3.05) is 6.61 Å². The van der Waals surface area contributed by atoms with E-state index in [9.17, 15) is 5.11 Å². The van der Waals surface area contributed by atoms with Crippen molar-refractivity contribution in [2.24, 2.45) is 0 Å². The van der Waals surface area contributed by atoms with Crippen molar-refractivity contribution in [3.8, 4) is 0 Å². The van der Waals surface area contributed by atoms with Crippen molar-refractivity contribution in [3.05, 3.63) is 27.1 Å². The van der Waals surface area contributed by atoms with Gasteiger partial charge in [0.2, 0.25) is 0 Å². The molecule has 0 saturated heterocycles. The van der Waals surface area contributed by atoms with E-state index in [4.69, 9.17) is 16.7 Å². The lowest BCUT2D eigenvalue weighted by Gasteiger charge is -2.41. The number of aliphatic hydroxyl groups is 2. The van der Waals surface area contributed by atoms with Crippen LogP contribution in [0.15, 0.2) is 12.4 Å². The van der Waals surface area contributed by atoms with Gasteiger partial charge in [-0.3, -0.25) is 4.40 Å². The van der Waals surface area contributed by atoms with Crippen LogP contribution in [0.1, 0.15) is 24.6 Å². The first kappa shape index (κ1) is 12.6. The molecule has 0 bridgehead atoms. The summed E-state index contributed by atoms with van der Waals surface area (Å²) in [6.07, 6.45) is 4.62. The predicted octanol–water partition coefficient (Wildman–Crippen LogP) is 1.59. The van der Waals surface area contributed by atoms with Crippen molar-refractivity contribution >= 4 is 39.7 Å². The molecule has 0 atom stereocenters. The van der Waals surface area contributed by atoms with E-state index < -0.39 is 5.60 Å². The monoisotopic (exact) mass is 379 g/mol. The first-order chi connectivity index (χ1) is 8.52. The summed E-state index contributed by atoms with van der Waals surface area (Å²) in [5, 5.41) is 19.3. The largest absolute Gasteiger partial charge is 0.393 e. The minimum atomic E-state index is -0.944. The molecule has 0 aliphatic heterocycles. The summed E-state index contributed by atoms with van der Waals surface area (Å²) in [7, 11) is 0. The summed E-state index contributed by atoms with van der Waals surface area (Å²) in [5.41, 5.74) is -0.174. The van der Waals surface area contributed by atoms with Gasteiger partial charge in [-0.1, -0.05) is 11.6 Å². The van der Waals surface area contributed by atoms with E-state index in [1.807, 2.05) is 10.6 Å². The molecule has 5 nitrogen and oxygen atoms in total. The van der Waals surface area contributed by atoms with Crippen LogP contribution < -0.4 is 0 Å². The van der Waals surface area contributed by atoms with E-state index in [1.54, 1.807) is 6.20 Å². The molecular weight excluding hydrogens is 368 g/mol. The van der Waals surface area contributed by atoms with Gasteiger partial charge in [0.15, 0.2) is 5.15 Å². The second-order valence-electron chi connectivity index (χ2n) is 4.71. The maximum absolute atomic E-state index is 9.84. The molecule has 0 aromatic carbocycles. The summed E-state index contributed by atoms with van der Waals surface area (Å²) in [6, 6.07) is 0. The Balaban J connectivity index is 2.00. The molecule has 0 unspecified atom stereocenters. The molecule has 0 radical (unpaired) electrons. The summed E-state index contributed by atoms with van der Waals surface area (Å²) >= 11 is 8.16. The summed E-state index contributed by atoms with van der Waals surface area (Å²) in [5.74, 6) is 1.02. The van der Waals surface area contributed by atoms with Gasteiger partial charge in [-0.15, -0.1) is 0 Å². The lowest BCUT2D eigenvalue weighted by molar-refractivity contribution is -0.0882. The molecular formula is C11H11ClIN3O2. The van der Waals surface area contributed by atoms with Gasteiger partial charge in [-0.25, -0.2) is 9.97 Å². The molecule has 0 spiro atoms. The Morgan fingerprint density at radius 1 is 1.56 bits per heavy atom. The van der Waals surface area contributed by atoms with E-state index in [0.29, 0.717) is 18.0 Å². The average molecular weight is 380 g/mol. The fourth-order valence-corrected chi connectivity index (χ4v) is 3.31. The standard InChI is InChI=1S/C11H11ClIN3O2/c12-9-7-3-14-10(16(7)4-8(13)15-9)6-1-11(18,2-6)5-17/h3-4,6,17-18H,1-2,5H2. The number of hydrogen-bond acceptors (Lipinski definition) is 4. The van der Waals surface area contributed by atoms with Crippen molar-refractivity contribution in [1.29, 1.82) is 0 Å². The van der Waals surface area contributed by atoms with Gasteiger partial charge < -0.3 is 10.2 Å². The molecule has 96 valence electrons. The highest BCUT2D eigenvalue weighted by molar-refractivity contribution is 14.1. The fraction of sp³-hybridized carbons (Fsp3) is 0.455. The smallest absolute Gasteiger partial charge is 0.155 e. The SMILES string of the molecule is OCC1(O)CC(c2ncc3c(Cl)nc(I)cn23)C1. The van der Waals surface area contributed by atoms with Gasteiger partial charge in [0.05, 0.1) is 18.4 Å². The minimum absolute atomic E-state index is 0.152. The van der Waals surface area contributed by atoms with Crippen LogP contribution in [0.2, 0.25) is 5.15 Å². The van der Waals surface area contributed by atoms with Gasteiger partial charge in [0.25, 0.3) is 0 Å². The van der Waals surface area contributed by atoms with Gasteiger partial charge >= 0.3 is 0 Å². The Morgan fingerprint density at radius 3 is 2.94 bits per heavy atom. The number of aliphatic hydroxyl groups excluding tert-OH is 1. The van der Waals surface area contributed by atoms with E-state index in [1.165, 1.54) is 0 Å². The Bertz CT molecular complexity index is 610. The third kappa shape index (κ3) is 1.91. The summed E-state index contributed by atoms with van der Waals surface area (Å²) in [6.45, 7) is -0.202. The molecule has 1 aliphatic carbocycles. The van der Waals surface area contributed by atoms with E-state index in [2.05, 4.69) is 32.6 Å². The highest BCUT2D eigenvalue weighted by atomic mass is 127. The Hall–Kier alpha value is -0.440. The van der Waals surface area contributed by atoms with Gasteiger partial charge in [-0.05, 0) is 35.4 Å². The molecule has 1 saturated carbocycles. The van der Waals surface area contributed by atoms with E-state index >= 15 is 0 Å². The zero-order chi connectivity index (χ0) is 12.9. The molecule has 2 N–H and O–H groups in total. The van der Waals surface area contributed by atoms with Crippen LogP contribution in [0.25, 0.3) is 5.52 Å². The average Bonchev–Trinajstić information content (AvgIpc) is 2.68. The number of nitrogens with zero attached hydrogens (tertiary/aromatic N) is 3. The molecule has 2 aromatic heterocycles. The molecule has 2 heterocycles. The fourth-order valence-electron chi connectivity index (χ4n) is 2.42. The molecule has 1 fully saturated rings. The summed E-state index contributed by atoms with van der Waals surface area (Å²) in [4.78, 5) is 8.53. The van der Waals surface area contributed by atoms with Crippen molar-refractivity contribution in [2.45, 2.75) is 24.4 Å². The Labute approximate surface area is 122 Å². The quantitative estimate of drug-likeness (QED) is 0.778. The number of halogens is 2. The lowest BCUT2D eigenvalue weighted by atomic mass is 9.71. The topological polar surface area (TPSA) is 70.7 Å². The molecule has 3 rings (SSSR count). The zero-order valence-corrected chi connectivity index (χ0v) is 12.3. The van der Waals surface area contributed by atoms with Crippen LogP contribution in [0.3, 0.4) is 0 Å². The minimum Gasteiger partial charge on any atom is -0.393 e. The van der Waals surface area contributed by atoms with Gasteiger partial charge in [0, 0.05) is 12.1 Å². The molecule has 2 aromatic rings. The first-order valence-corrected chi connectivity index (χ1v) is 7.00. The molecule has 7 heteroatoms. The van der Waals surface area contributed by atoms with Crippen molar-refractivity contribution in [3.63, 3.8) is 0 Å². The third-order valence-corrected chi connectivity index (χ3v) is 4.19. The van der Waals surface area contributed by atoms with Crippen LogP contribution in [0.4, 0.5) is 0 Å². The second kappa shape index (κ2) is 4.29.